The van der Waals surface area contributed by atoms with Crippen molar-refractivity contribution in [3.63, 3.8) is 0 Å². The Labute approximate surface area is 129 Å². The van der Waals surface area contributed by atoms with E-state index in [1.807, 2.05) is 13.0 Å². The van der Waals surface area contributed by atoms with Crippen molar-refractivity contribution in [1.29, 1.82) is 0 Å². The van der Waals surface area contributed by atoms with E-state index in [9.17, 15) is 10.1 Å². The number of hydrogen-bond donors (Lipinski definition) is 1. The van der Waals surface area contributed by atoms with E-state index in [2.05, 4.69) is 21.3 Å². The third-order valence-electron chi connectivity index (χ3n) is 4.24. The highest BCUT2D eigenvalue weighted by atomic mass is 16.6. The second kappa shape index (κ2) is 6.17. The van der Waals surface area contributed by atoms with Crippen LogP contribution in [0.1, 0.15) is 43.0 Å². The van der Waals surface area contributed by atoms with E-state index < -0.39 is 0 Å². The molecule has 1 aromatic heterocycles. The number of nitro benzene ring substituents is 1. The van der Waals surface area contributed by atoms with Crippen molar-refractivity contribution < 1.29 is 4.92 Å². The Hall–Kier alpha value is -2.37. The van der Waals surface area contributed by atoms with Gasteiger partial charge in [0.15, 0.2) is 0 Å². The molecular weight excluding hydrogens is 280 g/mol. The molecule has 6 heteroatoms. The van der Waals surface area contributed by atoms with Crippen LogP contribution in [0.5, 0.6) is 0 Å². The van der Waals surface area contributed by atoms with Crippen LogP contribution in [0.25, 0.3) is 0 Å². The van der Waals surface area contributed by atoms with Gasteiger partial charge in [-0.15, -0.1) is 0 Å². The van der Waals surface area contributed by atoms with Gasteiger partial charge in [-0.1, -0.05) is 12.8 Å². The Balaban J connectivity index is 1.64. The molecule has 0 saturated heterocycles. The quantitative estimate of drug-likeness (QED) is 0.673. The second-order valence-corrected chi connectivity index (χ2v) is 5.84. The molecule has 1 N–H and O–H groups in total. The zero-order valence-corrected chi connectivity index (χ0v) is 12.7. The molecule has 1 fully saturated rings. The summed E-state index contributed by atoms with van der Waals surface area (Å²) < 4.78 is 2.08. The predicted octanol–water partition coefficient (Wildman–Crippen LogP) is 3.83. The highest BCUT2D eigenvalue weighted by Crippen LogP contribution is 2.28. The van der Waals surface area contributed by atoms with Crippen molar-refractivity contribution in [2.24, 2.45) is 0 Å². The summed E-state index contributed by atoms with van der Waals surface area (Å²) >= 11 is 0. The Morgan fingerprint density at radius 1 is 1.36 bits per heavy atom. The number of hydrogen-bond acceptors (Lipinski definition) is 4. The highest BCUT2D eigenvalue weighted by molar-refractivity contribution is 5.55. The molecule has 0 unspecified atom stereocenters. The first-order chi connectivity index (χ1) is 10.6. The summed E-state index contributed by atoms with van der Waals surface area (Å²) in [4.78, 5) is 10.4. The van der Waals surface area contributed by atoms with Crippen LogP contribution in [0.3, 0.4) is 0 Å². The highest BCUT2D eigenvalue weighted by Gasteiger charge is 2.17. The third-order valence-corrected chi connectivity index (χ3v) is 4.24. The molecule has 3 rings (SSSR count). The summed E-state index contributed by atoms with van der Waals surface area (Å²) in [5.41, 5.74) is 2.88. The van der Waals surface area contributed by atoms with E-state index in [1.165, 1.54) is 31.7 Å². The van der Waals surface area contributed by atoms with Crippen LogP contribution in [-0.2, 0) is 6.54 Å². The van der Waals surface area contributed by atoms with Gasteiger partial charge in [-0.05, 0) is 37.5 Å². The number of nitrogens with one attached hydrogen (secondary N) is 1. The van der Waals surface area contributed by atoms with Gasteiger partial charge in [0.2, 0.25) is 0 Å². The summed E-state index contributed by atoms with van der Waals surface area (Å²) in [6, 6.07) is 7.44. The molecule has 1 heterocycles. The topological polar surface area (TPSA) is 73.0 Å². The van der Waals surface area contributed by atoms with E-state index in [0.29, 0.717) is 12.6 Å². The molecule has 6 nitrogen and oxygen atoms in total. The number of aromatic nitrogens is 2. The average molecular weight is 300 g/mol. The lowest BCUT2D eigenvalue weighted by atomic mass is 10.2. The molecule has 1 aromatic carbocycles. The Morgan fingerprint density at radius 2 is 2.14 bits per heavy atom. The van der Waals surface area contributed by atoms with Crippen LogP contribution in [0, 0.1) is 17.0 Å². The van der Waals surface area contributed by atoms with Crippen molar-refractivity contribution in [3.8, 4) is 0 Å². The monoisotopic (exact) mass is 300 g/mol. The van der Waals surface area contributed by atoms with Gasteiger partial charge >= 0.3 is 0 Å². The molecule has 0 aliphatic heterocycles. The summed E-state index contributed by atoms with van der Waals surface area (Å²) in [7, 11) is 0. The van der Waals surface area contributed by atoms with Gasteiger partial charge in [0, 0.05) is 24.0 Å². The first-order valence-corrected chi connectivity index (χ1v) is 7.66. The van der Waals surface area contributed by atoms with E-state index in [0.717, 1.165) is 16.9 Å². The number of aryl methyl sites for hydroxylation is 1. The van der Waals surface area contributed by atoms with Crippen molar-refractivity contribution in [2.45, 2.75) is 45.2 Å². The largest absolute Gasteiger partial charge is 0.379 e. The van der Waals surface area contributed by atoms with Gasteiger partial charge in [0.1, 0.15) is 0 Å². The van der Waals surface area contributed by atoms with Crippen LogP contribution >= 0.6 is 0 Å². The lowest BCUT2D eigenvalue weighted by Gasteiger charge is -2.10. The van der Waals surface area contributed by atoms with Gasteiger partial charge in [0.05, 0.1) is 23.2 Å². The van der Waals surface area contributed by atoms with Crippen molar-refractivity contribution in [2.75, 3.05) is 5.32 Å². The maximum Gasteiger partial charge on any atom is 0.269 e. The number of anilines is 1. The molecule has 116 valence electrons. The van der Waals surface area contributed by atoms with Crippen LogP contribution in [0.15, 0.2) is 30.5 Å². The Kier molecular flexibility index (Phi) is 4.09. The summed E-state index contributed by atoms with van der Waals surface area (Å²) in [5.74, 6) is 0. The minimum absolute atomic E-state index is 0.119. The average Bonchev–Trinajstić information content (AvgIpc) is 3.16. The standard InChI is InChI=1S/C16H20N4O2/c1-12-10-15(20(21)22)6-7-16(12)17-11-13-8-9-19(18-13)14-4-2-3-5-14/h6-10,14,17H,2-5,11H2,1H3. The molecule has 0 atom stereocenters. The molecule has 1 saturated carbocycles. The van der Waals surface area contributed by atoms with E-state index >= 15 is 0 Å². The molecule has 0 spiro atoms. The lowest BCUT2D eigenvalue weighted by molar-refractivity contribution is -0.384. The maximum absolute atomic E-state index is 10.7. The fourth-order valence-electron chi connectivity index (χ4n) is 2.99. The zero-order valence-electron chi connectivity index (χ0n) is 12.7. The van der Waals surface area contributed by atoms with E-state index in [4.69, 9.17) is 0 Å². The molecule has 1 aliphatic rings. The van der Waals surface area contributed by atoms with Gasteiger partial charge in [-0.3, -0.25) is 14.8 Å². The molecule has 2 aromatic rings. The first kappa shape index (κ1) is 14.6. The number of nitrogens with zero attached hydrogens (tertiary/aromatic N) is 3. The normalized spacial score (nSPS) is 15.1. The smallest absolute Gasteiger partial charge is 0.269 e. The fraction of sp³-hybridized carbons (Fsp3) is 0.438. The first-order valence-electron chi connectivity index (χ1n) is 7.66. The van der Waals surface area contributed by atoms with Crippen molar-refractivity contribution in [1.82, 2.24) is 9.78 Å². The summed E-state index contributed by atoms with van der Waals surface area (Å²) in [6.45, 7) is 2.49. The summed E-state index contributed by atoms with van der Waals surface area (Å²) in [6.07, 6.45) is 7.07. The molecule has 0 bridgehead atoms. The minimum atomic E-state index is -0.375. The van der Waals surface area contributed by atoms with Crippen LogP contribution in [-0.4, -0.2) is 14.7 Å². The maximum atomic E-state index is 10.7. The van der Waals surface area contributed by atoms with Crippen LogP contribution < -0.4 is 5.32 Å². The third kappa shape index (κ3) is 3.10. The Morgan fingerprint density at radius 3 is 2.82 bits per heavy atom. The zero-order chi connectivity index (χ0) is 15.5. The number of non-ortho nitro benzene ring substituents is 1. The molecule has 22 heavy (non-hydrogen) atoms. The van der Waals surface area contributed by atoms with Gasteiger partial charge < -0.3 is 5.32 Å². The van der Waals surface area contributed by atoms with E-state index in [-0.39, 0.29) is 10.6 Å². The minimum Gasteiger partial charge on any atom is -0.379 e. The van der Waals surface area contributed by atoms with Crippen LogP contribution in [0.2, 0.25) is 0 Å². The number of nitro groups is 1. The van der Waals surface area contributed by atoms with Crippen molar-refractivity contribution >= 4 is 11.4 Å². The van der Waals surface area contributed by atoms with Gasteiger partial charge in [-0.25, -0.2) is 0 Å². The van der Waals surface area contributed by atoms with E-state index in [1.54, 1.807) is 12.1 Å². The lowest BCUT2D eigenvalue weighted by Crippen LogP contribution is -2.07. The molecular formula is C16H20N4O2. The second-order valence-electron chi connectivity index (χ2n) is 5.84. The Bertz CT molecular complexity index is 675. The van der Waals surface area contributed by atoms with Crippen molar-refractivity contribution in [3.05, 3.63) is 51.8 Å². The number of benzene rings is 1. The fourth-order valence-corrected chi connectivity index (χ4v) is 2.99. The van der Waals surface area contributed by atoms with Crippen LogP contribution in [0.4, 0.5) is 11.4 Å². The predicted molar refractivity (Wildman–Crippen MR) is 84.9 cm³/mol. The number of rotatable bonds is 5. The molecule has 0 radical (unpaired) electrons. The SMILES string of the molecule is Cc1cc([N+](=O)[O-])ccc1NCc1ccn(C2CCCC2)n1. The van der Waals surface area contributed by atoms with Gasteiger partial charge in [0.25, 0.3) is 5.69 Å². The molecule has 1 aliphatic carbocycles. The molecule has 0 amide bonds. The van der Waals surface area contributed by atoms with Gasteiger partial charge in [-0.2, -0.15) is 5.10 Å². The summed E-state index contributed by atoms with van der Waals surface area (Å²) in [5, 5.41) is 18.7.